The van der Waals surface area contributed by atoms with Gasteiger partial charge in [-0.05, 0) is 6.42 Å². The van der Waals surface area contributed by atoms with E-state index in [1.807, 2.05) is 6.92 Å². The van der Waals surface area contributed by atoms with Gasteiger partial charge in [-0.1, -0.05) is 6.92 Å². The van der Waals surface area contributed by atoms with Gasteiger partial charge in [-0.2, -0.15) is 13.2 Å². The summed E-state index contributed by atoms with van der Waals surface area (Å²) in [6, 6.07) is 1.15. The van der Waals surface area contributed by atoms with Gasteiger partial charge in [0.2, 0.25) is 5.82 Å². The van der Waals surface area contributed by atoms with Crippen molar-refractivity contribution in [3.8, 4) is 0 Å². The maximum atomic E-state index is 12.6. The summed E-state index contributed by atoms with van der Waals surface area (Å²) >= 11 is 0. The van der Waals surface area contributed by atoms with Crippen molar-refractivity contribution in [1.82, 2.24) is 9.97 Å². The topological polar surface area (TPSA) is 85.1 Å². The normalized spacial score (nSPS) is 13.2. The summed E-state index contributed by atoms with van der Waals surface area (Å²) < 4.78 is 42.8. The van der Waals surface area contributed by atoms with E-state index in [-0.39, 0.29) is 17.7 Å². The second kappa shape index (κ2) is 6.53. The molecule has 108 valence electrons. The molecular formula is C10H16F3N5O. The summed E-state index contributed by atoms with van der Waals surface area (Å²) in [7, 11) is 1.51. The van der Waals surface area contributed by atoms with E-state index < -0.39 is 12.0 Å². The minimum Gasteiger partial charge on any atom is -0.383 e. The Morgan fingerprint density at radius 1 is 1.37 bits per heavy atom. The molecule has 1 aromatic heterocycles. The van der Waals surface area contributed by atoms with Crippen molar-refractivity contribution in [2.45, 2.75) is 25.6 Å². The number of ether oxygens (including phenoxy) is 1. The van der Waals surface area contributed by atoms with Crippen LogP contribution in [0, 0.1) is 0 Å². The first-order valence-corrected chi connectivity index (χ1v) is 5.59. The van der Waals surface area contributed by atoms with E-state index in [4.69, 9.17) is 10.6 Å². The maximum absolute atomic E-state index is 12.6. The number of rotatable bonds is 6. The van der Waals surface area contributed by atoms with Crippen molar-refractivity contribution in [2.75, 3.05) is 24.5 Å². The highest BCUT2D eigenvalue weighted by Crippen LogP contribution is 2.28. The summed E-state index contributed by atoms with van der Waals surface area (Å²) in [4.78, 5) is 6.68. The van der Waals surface area contributed by atoms with Crippen LogP contribution in [-0.4, -0.2) is 29.7 Å². The Labute approximate surface area is 108 Å². The molecule has 0 aliphatic heterocycles. The lowest BCUT2D eigenvalue weighted by Crippen LogP contribution is -2.26. The van der Waals surface area contributed by atoms with Crippen LogP contribution in [-0.2, 0) is 10.9 Å². The summed E-state index contributed by atoms with van der Waals surface area (Å²) in [5.41, 5.74) is 2.08. The molecule has 0 amide bonds. The predicted molar refractivity (Wildman–Crippen MR) is 64.4 cm³/mol. The highest BCUT2D eigenvalue weighted by Gasteiger charge is 2.35. The van der Waals surface area contributed by atoms with E-state index in [1.165, 1.54) is 13.2 Å². The molecular weight excluding hydrogens is 263 g/mol. The summed E-state index contributed by atoms with van der Waals surface area (Å²) in [6.07, 6.45) is -3.96. The number of anilines is 2. The molecule has 19 heavy (non-hydrogen) atoms. The van der Waals surface area contributed by atoms with Gasteiger partial charge in [0.05, 0.1) is 12.6 Å². The SMILES string of the molecule is CCC(COC)Nc1cc(NN)nc(C(F)(F)F)n1. The van der Waals surface area contributed by atoms with E-state index in [0.717, 1.165) is 0 Å². The fourth-order valence-electron chi connectivity index (χ4n) is 1.39. The second-order valence-electron chi connectivity index (χ2n) is 3.81. The molecule has 1 heterocycles. The van der Waals surface area contributed by atoms with Gasteiger partial charge in [-0.3, -0.25) is 0 Å². The molecule has 0 spiro atoms. The average molecular weight is 279 g/mol. The number of alkyl halides is 3. The number of methoxy groups -OCH3 is 1. The number of halogens is 3. The Morgan fingerprint density at radius 3 is 2.47 bits per heavy atom. The number of nitrogen functional groups attached to an aromatic ring is 1. The molecule has 1 atom stereocenters. The third-order valence-electron chi connectivity index (χ3n) is 2.34. The molecule has 4 N–H and O–H groups in total. The summed E-state index contributed by atoms with van der Waals surface area (Å²) in [5, 5.41) is 2.85. The zero-order valence-corrected chi connectivity index (χ0v) is 10.6. The van der Waals surface area contributed by atoms with Crippen LogP contribution in [0.15, 0.2) is 6.07 Å². The van der Waals surface area contributed by atoms with Gasteiger partial charge in [0.1, 0.15) is 11.6 Å². The van der Waals surface area contributed by atoms with Crippen molar-refractivity contribution in [3.63, 3.8) is 0 Å². The predicted octanol–water partition coefficient (Wildman–Crippen LogP) is 1.62. The van der Waals surface area contributed by atoms with Crippen LogP contribution < -0.4 is 16.6 Å². The molecule has 1 rings (SSSR count). The number of nitrogens with two attached hydrogens (primary N) is 1. The molecule has 0 aliphatic rings. The number of nitrogens with zero attached hydrogens (tertiary/aromatic N) is 2. The van der Waals surface area contributed by atoms with E-state index in [0.29, 0.717) is 13.0 Å². The molecule has 1 aromatic rings. The van der Waals surface area contributed by atoms with Crippen molar-refractivity contribution in [1.29, 1.82) is 0 Å². The van der Waals surface area contributed by atoms with E-state index in [1.54, 1.807) is 0 Å². The molecule has 0 saturated heterocycles. The first-order valence-electron chi connectivity index (χ1n) is 5.59. The van der Waals surface area contributed by atoms with Gasteiger partial charge in [-0.25, -0.2) is 15.8 Å². The summed E-state index contributed by atoms with van der Waals surface area (Å²) in [5.74, 6) is 3.77. The van der Waals surface area contributed by atoms with Gasteiger partial charge in [0.15, 0.2) is 0 Å². The highest BCUT2D eigenvalue weighted by molar-refractivity contribution is 5.47. The lowest BCUT2D eigenvalue weighted by molar-refractivity contribution is -0.144. The first kappa shape index (κ1) is 15.4. The lowest BCUT2D eigenvalue weighted by atomic mass is 10.2. The van der Waals surface area contributed by atoms with Crippen LogP contribution >= 0.6 is 0 Å². The third-order valence-corrected chi connectivity index (χ3v) is 2.34. The minimum atomic E-state index is -4.63. The van der Waals surface area contributed by atoms with Gasteiger partial charge in [0.25, 0.3) is 0 Å². The highest BCUT2D eigenvalue weighted by atomic mass is 19.4. The fraction of sp³-hybridized carbons (Fsp3) is 0.600. The van der Waals surface area contributed by atoms with Gasteiger partial charge < -0.3 is 15.5 Å². The van der Waals surface area contributed by atoms with Crippen molar-refractivity contribution < 1.29 is 17.9 Å². The molecule has 0 bridgehead atoms. The van der Waals surface area contributed by atoms with Crippen LogP contribution in [0.3, 0.4) is 0 Å². The van der Waals surface area contributed by atoms with Crippen molar-refractivity contribution in [3.05, 3.63) is 11.9 Å². The van der Waals surface area contributed by atoms with Crippen molar-refractivity contribution >= 4 is 11.6 Å². The molecule has 1 unspecified atom stereocenters. The number of hydrogen-bond acceptors (Lipinski definition) is 6. The Morgan fingerprint density at radius 2 is 2.00 bits per heavy atom. The lowest BCUT2D eigenvalue weighted by Gasteiger charge is -2.18. The zero-order chi connectivity index (χ0) is 14.5. The zero-order valence-electron chi connectivity index (χ0n) is 10.6. The number of nitrogens with one attached hydrogen (secondary N) is 2. The Hall–Kier alpha value is -1.61. The van der Waals surface area contributed by atoms with Gasteiger partial charge >= 0.3 is 6.18 Å². The standard InChI is InChI=1S/C10H16F3N5O/c1-3-6(5-19-2)15-7-4-8(18-14)17-9(16-7)10(11,12)13/h4,6H,3,5,14H2,1-2H3,(H2,15,16,17,18). The van der Waals surface area contributed by atoms with Crippen LogP contribution in [0.1, 0.15) is 19.2 Å². The number of hydrazine groups is 1. The van der Waals surface area contributed by atoms with E-state index in [2.05, 4.69) is 20.7 Å². The van der Waals surface area contributed by atoms with Crippen LogP contribution in [0.2, 0.25) is 0 Å². The van der Waals surface area contributed by atoms with Gasteiger partial charge in [-0.15, -0.1) is 0 Å². The van der Waals surface area contributed by atoms with E-state index in [9.17, 15) is 13.2 Å². The molecule has 9 heteroatoms. The van der Waals surface area contributed by atoms with Crippen LogP contribution in [0.25, 0.3) is 0 Å². The first-order chi connectivity index (χ1) is 8.90. The smallest absolute Gasteiger partial charge is 0.383 e. The molecule has 0 radical (unpaired) electrons. The molecule has 0 aliphatic carbocycles. The van der Waals surface area contributed by atoms with E-state index >= 15 is 0 Å². The van der Waals surface area contributed by atoms with Crippen molar-refractivity contribution in [2.24, 2.45) is 5.84 Å². The molecule has 0 saturated carbocycles. The number of hydrogen-bond donors (Lipinski definition) is 3. The third kappa shape index (κ3) is 4.52. The molecule has 0 aromatic carbocycles. The minimum absolute atomic E-state index is 0.0409. The molecule has 0 fully saturated rings. The maximum Gasteiger partial charge on any atom is 0.451 e. The van der Waals surface area contributed by atoms with Gasteiger partial charge in [0, 0.05) is 13.2 Å². The Kier molecular flexibility index (Phi) is 5.31. The average Bonchev–Trinajstić information content (AvgIpc) is 2.36. The Bertz CT molecular complexity index is 413. The summed E-state index contributed by atoms with van der Waals surface area (Å²) in [6.45, 7) is 2.23. The Balaban J connectivity index is 3.00. The monoisotopic (exact) mass is 279 g/mol. The second-order valence-corrected chi connectivity index (χ2v) is 3.81. The number of aromatic nitrogens is 2. The quantitative estimate of drug-likeness (QED) is 0.542. The largest absolute Gasteiger partial charge is 0.451 e. The fourth-order valence-corrected chi connectivity index (χ4v) is 1.39. The molecule has 6 nitrogen and oxygen atoms in total. The van der Waals surface area contributed by atoms with Crippen LogP contribution in [0.4, 0.5) is 24.8 Å². The van der Waals surface area contributed by atoms with Crippen LogP contribution in [0.5, 0.6) is 0 Å².